The van der Waals surface area contributed by atoms with E-state index in [4.69, 9.17) is 15.2 Å². The van der Waals surface area contributed by atoms with Gasteiger partial charge in [-0.05, 0) is 18.4 Å². The number of benzene rings is 1. The van der Waals surface area contributed by atoms with Crippen molar-refractivity contribution in [3.63, 3.8) is 0 Å². The van der Waals surface area contributed by atoms with E-state index in [0.717, 1.165) is 12.0 Å². The highest BCUT2D eigenvalue weighted by Crippen LogP contribution is 2.15. The van der Waals surface area contributed by atoms with Crippen LogP contribution in [0, 0.1) is 0 Å². The van der Waals surface area contributed by atoms with Crippen molar-refractivity contribution in [3.05, 3.63) is 35.9 Å². The summed E-state index contributed by atoms with van der Waals surface area (Å²) in [5, 5.41) is 3.24. The molecule has 0 saturated carbocycles. The molecule has 1 aromatic rings. The van der Waals surface area contributed by atoms with Gasteiger partial charge in [0.25, 0.3) is 0 Å². The molecular formula is C14H20N2O3. The van der Waals surface area contributed by atoms with Crippen LogP contribution in [0.3, 0.4) is 0 Å². The predicted octanol–water partition coefficient (Wildman–Crippen LogP) is 0.434. The fourth-order valence-corrected chi connectivity index (χ4v) is 2.31. The third-order valence-corrected chi connectivity index (χ3v) is 3.31. The van der Waals surface area contributed by atoms with E-state index in [1.165, 1.54) is 0 Å². The molecule has 1 unspecified atom stereocenters. The van der Waals surface area contributed by atoms with Crippen molar-refractivity contribution in [1.29, 1.82) is 0 Å². The van der Waals surface area contributed by atoms with E-state index in [1.807, 2.05) is 30.3 Å². The van der Waals surface area contributed by atoms with E-state index < -0.39 is 6.04 Å². The minimum Gasteiger partial charge on any atom is -0.368 e. The molecule has 0 aliphatic carbocycles. The van der Waals surface area contributed by atoms with Gasteiger partial charge in [0.15, 0.2) is 6.29 Å². The highest BCUT2D eigenvalue weighted by atomic mass is 16.7. The second kappa shape index (κ2) is 6.65. The zero-order chi connectivity index (χ0) is 13.7. The SMILES string of the molecule is COC1OCC[C@@H]1N[C@@H](Cc1ccccc1)C(N)=O. The van der Waals surface area contributed by atoms with Crippen molar-refractivity contribution in [2.45, 2.75) is 31.2 Å². The standard InChI is InChI=1S/C14H20N2O3/c1-18-14-11(7-8-19-14)16-12(13(15)17)9-10-5-3-2-4-6-10/h2-6,11-12,14,16H,7-9H2,1H3,(H2,15,17)/t11-,12-,14?/m0/s1. The number of carbonyl (C=O) groups excluding carboxylic acids is 1. The monoisotopic (exact) mass is 264 g/mol. The van der Waals surface area contributed by atoms with Crippen LogP contribution in [0.1, 0.15) is 12.0 Å². The molecule has 0 spiro atoms. The summed E-state index contributed by atoms with van der Waals surface area (Å²) in [5.41, 5.74) is 6.54. The molecule has 5 nitrogen and oxygen atoms in total. The zero-order valence-electron chi connectivity index (χ0n) is 11.0. The van der Waals surface area contributed by atoms with Crippen molar-refractivity contribution >= 4 is 5.91 Å². The lowest BCUT2D eigenvalue weighted by molar-refractivity contribution is -0.122. The van der Waals surface area contributed by atoms with E-state index in [1.54, 1.807) is 7.11 Å². The maximum absolute atomic E-state index is 11.6. The Kier molecular flexibility index (Phi) is 4.90. The summed E-state index contributed by atoms with van der Waals surface area (Å²) in [5.74, 6) is -0.356. The Labute approximate surface area is 113 Å². The number of carbonyl (C=O) groups is 1. The average Bonchev–Trinajstić information content (AvgIpc) is 2.86. The van der Waals surface area contributed by atoms with Gasteiger partial charge >= 0.3 is 0 Å². The van der Waals surface area contributed by atoms with Crippen LogP contribution >= 0.6 is 0 Å². The number of ether oxygens (including phenoxy) is 2. The van der Waals surface area contributed by atoms with Crippen LogP contribution in [-0.2, 0) is 20.7 Å². The molecule has 5 heteroatoms. The molecule has 1 fully saturated rings. The first kappa shape index (κ1) is 14.0. The van der Waals surface area contributed by atoms with Gasteiger partial charge in [-0.2, -0.15) is 0 Å². The molecule has 0 aromatic heterocycles. The van der Waals surface area contributed by atoms with Gasteiger partial charge in [-0.1, -0.05) is 30.3 Å². The van der Waals surface area contributed by atoms with Crippen molar-refractivity contribution in [3.8, 4) is 0 Å². The van der Waals surface area contributed by atoms with E-state index >= 15 is 0 Å². The molecule has 1 aromatic carbocycles. The highest BCUT2D eigenvalue weighted by molar-refractivity contribution is 5.80. The number of methoxy groups -OCH3 is 1. The molecule has 1 aliphatic heterocycles. The third kappa shape index (κ3) is 3.76. The Morgan fingerprint density at radius 3 is 2.89 bits per heavy atom. The molecule has 1 saturated heterocycles. The quantitative estimate of drug-likeness (QED) is 0.781. The number of nitrogens with two attached hydrogens (primary N) is 1. The first-order chi connectivity index (χ1) is 9.20. The van der Waals surface area contributed by atoms with Crippen LogP contribution in [0.4, 0.5) is 0 Å². The summed E-state index contributed by atoms with van der Waals surface area (Å²) >= 11 is 0. The summed E-state index contributed by atoms with van der Waals surface area (Å²) in [6, 6.07) is 9.40. The van der Waals surface area contributed by atoms with E-state index in [0.29, 0.717) is 13.0 Å². The first-order valence-electron chi connectivity index (χ1n) is 6.44. The Balaban J connectivity index is 1.98. The zero-order valence-corrected chi connectivity index (χ0v) is 11.0. The normalized spacial score (nSPS) is 24.3. The maximum Gasteiger partial charge on any atom is 0.234 e. The third-order valence-electron chi connectivity index (χ3n) is 3.31. The van der Waals surface area contributed by atoms with Gasteiger partial charge in [-0.3, -0.25) is 10.1 Å². The molecule has 104 valence electrons. The van der Waals surface area contributed by atoms with E-state index in [2.05, 4.69) is 5.32 Å². The number of rotatable bonds is 6. The Bertz CT molecular complexity index is 410. The molecule has 1 heterocycles. The Morgan fingerprint density at radius 1 is 1.53 bits per heavy atom. The number of hydrogen-bond donors (Lipinski definition) is 2. The first-order valence-corrected chi connectivity index (χ1v) is 6.44. The summed E-state index contributed by atoms with van der Waals surface area (Å²) in [7, 11) is 1.60. The molecule has 1 aliphatic rings. The van der Waals surface area contributed by atoms with Crippen molar-refractivity contribution in [2.75, 3.05) is 13.7 Å². The van der Waals surface area contributed by atoms with Crippen LogP contribution in [0.15, 0.2) is 30.3 Å². The molecule has 3 N–H and O–H groups in total. The van der Waals surface area contributed by atoms with E-state index in [9.17, 15) is 4.79 Å². The number of primary amides is 1. The van der Waals surface area contributed by atoms with Crippen molar-refractivity contribution in [1.82, 2.24) is 5.32 Å². The minimum atomic E-state index is -0.410. The van der Waals surface area contributed by atoms with Crippen LogP contribution in [-0.4, -0.2) is 38.0 Å². The second-order valence-electron chi connectivity index (χ2n) is 4.68. The van der Waals surface area contributed by atoms with Gasteiger partial charge in [0.2, 0.25) is 5.91 Å². The lowest BCUT2D eigenvalue weighted by atomic mass is 10.0. The predicted molar refractivity (Wildman–Crippen MR) is 71.4 cm³/mol. The average molecular weight is 264 g/mol. The van der Waals surface area contributed by atoms with Gasteiger partial charge < -0.3 is 15.2 Å². The lowest BCUT2D eigenvalue weighted by Crippen LogP contribution is -2.50. The van der Waals surface area contributed by atoms with Gasteiger partial charge in [-0.25, -0.2) is 0 Å². The summed E-state index contributed by atoms with van der Waals surface area (Å²) in [4.78, 5) is 11.6. The molecule has 1 amide bonds. The minimum absolute atomic E-state index is 0.00575. The van der Waals surface area contributed by atoms with Crippen LogP contribution in [0.25, 0.3) is 0 Å². The number of hydrogen-bond acceptors (Lipinski definition) is 4. The smallest absolute Gasteiger partial charge is 0.234 e. The molecule has 0 radical (unpaired) electrons. The van der Waals surface area contributed by atoms with Crippen molar-refractivity contribution < 1.29 is 14.3 Å². The summed E-state index contributed by atoms with van der Waals surface area (Å²) in [6.45, 7) is 0.632. The molecule has 2 rings (SSSR count). The van der Waals surface area contributed by atoms with Crippen LogP contribution in [0.2, 0.25) is 0 Å². The lowest BCUT2D eigenvalue weighted by Gasteiger charge is -2.23. The molecule has 19 heavy (non-hydrogen) atoms. The van der Waals surface area contributed by atoms with E-state index in [-0.39, 0.29) is 18.2 Å². The summed E-state index contributed by atoms with van der Waals surface area (Å²) in [6.07, 6.45) is 1.08. The molecule has 3 atom stereocenters. The van der Waals surface area contributed by atoms with Gasteiger partial charge in [-0.15, -0.1) is 0 Å². The number of amides is 1. The van der Waals surface area contributed by atoms with Crippen LogP contribution in [0.5, 0.6) is 0 Å². The molecule has 0 bridgehead atoms. The van der Waals surface area contributed by atoms with Gasteiger partial charge in [0, 0.05) is 7.11 Å². The Morgan fingerprint density at radius 2 is 2.26 bits per heavy atom. The maximum atomic E-state index is 11.6. The fourth-order valence-electron chi connectivity index (χ4n) is 2.31. The van der Waals surface area contributed by atoms with Crippen molar-refractivity contribution in [2.24, 2.45) is 5.73 Å². The highest BCUT2D eigenvalue weighted by Gasteiger charge is 2.31. The molecular weight excluding hydrogens is 244 g/mol. The van der Waals surface area contributed by atoms with Gasteiger partial charge in [0.05, 0.1) is 18.7 Å². The topological polar surface area (TPSA) is 73.6 Å². The number of nitrogens with one attached hydrogen (secondary N) is 1. The second-order valence-corrected chi connectivity index (χ2v) is 4.68. The largest absolute Gasteiger partial charge is 0.368 e. The summed E-state index contributed by atoms with van der Waals surface area (Å²) < 4.78 is 10.6. The van der Waals surface area contributed by atoms with Crippen LogP contribution < -0.4 is 11.1 Å². The fraction of sp³-hybridized carbons (Fsp3) is 0.500. The van der Waals surface area contributed by atoms with Gasteiger partial charge in [0.1, 0.15) is 0 Å². The Hall–Kier alpha value is -1.43.